The van der Waals surface area contributed by atoms with Crippen molar-refractivity contribution in [2.45, 2.75) is 51.7 Å². The van der Waals surface area contributed by atoms with Gasteiger partial charge in [-0.25, -0.2) is 4.68 Å². The highest BCUT2D eigenvalue weighted by molar-refractivity contribution is 4.91. The average Bonchev–Trinajstić information content (AvgIpc) is 2.78. The molecule has 2 rings (SSSR count). The first-order valence-electron chi connectivity index (χ1n) is 5.85. The van der Waals surface area contributed by atoms with Crippen LogP contribution in [0.3, 0.4) is 0 Å². The van der Waals surface area contributed by atoms with Gasteiger partial charge < -0.3 is 5.11 Å². The Morgan fingerprint density at radius 2 is 2.40 bits per heavy atom. The molecule has 1 N–H and O–H groups in total. The van der Waals surface area contributed by atoms with Crippen LogP contribution in [0.15, 0.2) is 6.20 Å². The Morgan fingerprint density at radius 3 is 3.07 bits per heavy atom. The summed E-state index contributed by atoms with van der Waals surface area (Å²) in [7, 11) is 0. The Bertz CT molecular complexity index is 311. The van der Waals surface area contributed by atoms with Gasteiger partial charge in [0.15, 0.2) is 0 Å². The molecule has 15 heavy (non-hydrogen) atoms. The van der Waals surface area contributed by atoms with E-state index in [-0.39, 0.29) is 6.61 Å². The summed E-state index contributed by atoms with van der Waals surface area (Å²) >= 11 is 0. The highest BCUT2D eigenvalue weighted by atomic mass is 16.3. The Labute approximate surface area is 90.3 Å². The highest BCUT2D eigenvalue weighted by Crippen LogP contribution is 2.33. The van der Waals surface area contributed by atoms with E-state index in [4.69, 9.17) is 5.11 Å². The van der Waals surface area contributed by atoms with E-state index in [9.17, 15) is 0 Å². The van der Waals surface area contributed by atoms with E-state index in [1.165, 1.54) is 32.1 Å². The van der Waals surface area contributed by atoms with Crippen molar-refractivity contribution in [2.75, 3.05) is 0 Å². The predicted octanol–water partition coefficient (Wildman–Crippen LogP) is 1.91. The lowest BCUT2D eigenvalue weighted by molar-refractivity contribution is 0.245. The quantitative estimate of drug-likeness (QED) is 0.827. The Hall–Kier alpha value is -0.900. The number of aromatic nitrogens is 3. The second-order valence-corrected chi connectivity index (χ2v) is 4.44. The summed E-state index contributed by atoms with van der Waals surface area (Å²) in [4.78, 5) is 0. The summed E-state index contributed by atoms with van der Waals surface area (Å²) in [6.45, 7) is 2.25. The third-order valence-corrected chi connectivity index (χ3v) is 3.43. The molecule has 2 unspecified atom stereocenters. The molecule has 1 heterocycles. The van der Waals surface area contributed by atoms with Crippen LogP contribution >= 0.6 is 0 Å². The van der Waals surface area contributed by atoms with Gasteiger partial charge in [-0.3, -0.25) is 0 Å². The smallest absolute Gasteiger partial charge is 0.108 e. The van der Waals surface area contributed by atoms with E-state index in [2.05, 4.69) is 17.2 Å². The van der Waals surface area contributed by atoms with Gasteiger partial charge in [-0.05, 0) is 18.8 Å². The van der Waals surface area contributed by atoms with Crippen molar-refractivity contribution in [3.05, 3.63) is 11.9 Å². The van der Waals surface area contributed by atoms with Crippen molar-refractivity contribution in [3.8, 4) is 0 Å². The van der Waals surface area contributed by atoms with Crippen molar-refractivity contribution in [1.82, 2.24) is 15.0 Å². The highest BCUT2D eigenvalue weighted by Gasteiger charge is 2.22. The van der Waals surface area contributed by atoms with Crippen LogP contribution < -0.4 is 0 Å². The first kappa shape index (κ1) is 10.6. The molecule has 2 atom stereocenters. The molecule has 0 amide bonds. The van der Waals surface area contributed by atoms with Crippen molar-refractivity contribution in [3.63, 3.8) is 0 Å². The SMILES string of the molecule is CCC1CCCC(n2cc(CO)nn2)C1. The van der Waals surface area contributed by atoms with E-state index in [1.807, 2.05) is 10.9 Å². The third-order valence-electron chi connectivity index (χ3n) is 3.43. The maximum atomic E-state index is 8.93. The van der Waals surface area contributed by atoms with Crippen molar-refractivity contribution in [1.29, 1.82) is 0 Å². The van der Waals surface area contributed by atoms with Crippen LogP contribution in [0, 0.1) is 5.92 Å². The van der Waals surface area contributed by atoms with Crippen LogP contribution in [0.25, 0.3) is 0 Å². The van der Waals surface area contributed by atoms with E-state index in [1.54, 1.807) is 0 Å². The zero-order chi connectivity index (χ0) is 10.7. The second-order valence-electron chi connectivity index (χ2n) is 4.44. The van der Waals surface area contributed by atoms with Crippen LogP contribution in [0.1, 0.15) is 50.8 Å². The molecule has 0 radical (unpaired) electrons. The summed E-state index contributed by atoms with van der Waals surface area (Å²) < 4.78 is 1.94. The lowest BCUT2D eigenvalue weighted by Gasteiger charge is -2.28. The number of hydrogen-bond acceptors (Lipinski definition) is 3. The average molecular weight is 209 g/mol. The first-order valence-corrected chi connectivity index (χ1v) is 5.85. The summed E-state index contributed by atoms with van der Waals surface area (Å²) in [5.41, 5.74) is 0.675. The maximum absolute atomic E-state index is 8.93. The van der Waals surface area contributed by atoms with Crippen LogP contribution in [0.2, 0.25) is 0 Å². The van der Waals surface area contributed by atoms with E-state index < -0.39 is 0 Å². The van der Waals surface area contributed by atoms with Gasteiger partial charge in [0.2, 0.25) is 0 Å². The molecule has 1 aromatic rings. The number of rotatable bonds is 3. The Morgan fingerprint density at radius 1 is 1.53 bits per heavy atom. The zero-order valence-corrected chi connectivity index (χ0v) is 9.26. The number of nitrogens with zero attached hydrogens (tertiary/aromatic N) is 3. The fourth-order valence-corrected chi connectivity index (χ4v) is 2.44. The summed E-state index contributed by atoms with van der Waals surface area (Å²) in [5, 5.41) is 16.9. The van der Waals surface area contributed by atoms with Crippen molar-refractivity contribution >= 4 is 0 Å². The molecular weight excluding hydrogens is 190 g/mol. The fraction of sp³-hybridized carbons (Fsp3) is 0.818. The molecule has 0 bridgehead atoms. The van der Waals surface area contributed by atoms with Crippen LogP contribution in [-0.4, -0.2) is 20.1 Å². The number of aliphatic hydroxyl groups is 1. The topological polar surface area (TPSA) is 50.9 Å². The van der Waals surface area contributed by atoms with Crippen LogP contribution in [0.4, 0.5) is 0 Å². The molecule has 0 aliphatic heterocycles. The van der Waals surface area contributed by atoms with Gasteiger partial charge in [-0.15, -0.1) is 5.10 Å². The van der Waals surface area contributed by atoms with Crippen LogP contribution in [0.5, 0.6) is 0 Å². The van der Waals surface area contributed by atoms with Gasteiger partial charge in [0.05, 0.1) is 18.8 Å². The molecule has 0 aromatic carbocycles. The number of hydrogen-bond donors (Lipinski definition) is 1. The molecule has 0 spiro atoms. The second kappa shape index (κ2) is 4.75. The van der Waals surface area contributed by atoms with Gasteiger partial charge in [0.25, 0.3) is 0 Å². The summed E-state index contributed by atoms with van der Waals surface area (Å²) in [6.07, 6.45) is 8.20. The summed E-state index contributed by atoms with van der Waals surface area (Å²) in [5.74, 6) is 0.838. The Balaban J connectivity index is 2.03. The molecule has 4 nitrogen and oxygen atoms in total. The summed E-state index contributed by atoms with van der Waals surface area (Å²) in [6, 6.07) is 0.497. The van der Waals surface area contributed by atoms with E-state index in [0.29, 0.717) is 11.7 Å². The molecular formula is C11H19N3O. The standard InChI is InChI=1S/C11H19N3O/c1-2-9-4-3-5-11(6-9)14-7-10(8-15)12-13-14/h7,9,11,15H,2-6,8H2,1H3. The third kappa shape index (κ3) is 2.37. The molecule has 1 saturated carbocycles. The van der Waals surface area contributed by atoms with E-state index in [0.717, 1.165) is 5.92 Å². The molecule has 84 valence electrons. The minimum atomic E-state index is -0.00999. The van der Waals surface area contributed by atoms with Crippen molar-refractivity contribution < 1.29 is 5.11 Å². The molecule has 0 saturated heterocycles. The monoisotopic (exact) mass is 209 g/mol. The zero-order valence-electron chi connectivity index (χ0n) is 9.26. The van der Waals surface area contributed by atoms with Gasteiger partial charge in [-0.1, -0.05) is 31.4 Å². The largest absolute Gasteiger partial charge is 0.390 e. The predicted molar refractivity (Wildman–Crippen MR) is 57.2 cm³/mol. The normalized spacial score (nSPS) is 26.8. The lowest BCUT2D eigenvalue weighted by Crippen LogP contribution is -2.19. The minimum Gasteiger partial charge on any atom is -0.390 e. The van der Waals surface area contributed by atoms with Gasteiger partial charge >= 0.3 is 0 Å². The molecule has 1 fully saturated rings. The lowest BCUT2D eigenvalue weighted by atomic mass is 9.84. The number of aliphatic hydroxyl groups excluding tert-OH is 1. The molecule has 4 heteroatoms. The molecule has 1 aliphatic carbocycles. The first-order chi connectivity index (χ1) is 7.33. The maximum Gasteiger partial charge on any atom is 0.108 e. The van der Waals surface area contributed by atoms with Gasteiger partial charge in [0.1, 0.15) is 5.69 Å². The molecule has 1 aromatic heterocycles. The van der Waals surface area contributed by atoms with Gasteiger partial charge in [-0.2, -0.15) is 0 Å². The Kier molecular flexibility index (Phi) is 3.36. The van der Waals surface area contributed by atoms with E-state index >= 15 is 0 Å². The fourth-order valence-electron chi connectivity index (χ4n) is 2.44. The minimum absolute atomic E-state index is 0.00999. The van der Waals surface area contributed by atoms with Crippen molar-refractivity contribution in [2.24, 2.45) is 5.92 Å². The van der Waals surface area contributed by atoms with Gasteiger partial charge in [0, 0.05) is 0 Å². The van der Waals surface area contributed by atoms with Crippen LogP contribution in [-0.2, 0) is 6.61 Å². The molecule has 1 aliphatic rings.